The van der Waals surface area contributed by atoms with Crippen LogP contribution in [0, 0.1) is 0 Å². The van der Waals surface area contributed by atoms with Crippen LogP contribution in [0.3, 0.4) is 0 Å². The largest absolute Gasteiger partial charge is 0.459 e. The lowest BCUT2D eigenvalue weighted by Gasteiger charge is -2.35. The first-order valence-electron chi connectivity index (χ1n) is 9.53. The molecule has 2 bridgehead atoms. The molecule has 2 aliphatic heterocycles. The van der Waals surface area contributed by atoms with Gasteiger partial charge in [-0.1, -0.05) is 18.2 Å². The highest BCUT2D eigenvalue weighted by atomic mass is 16.5. The van der Waals surface area contributed by atoms with E-state index in [2.05, 4.69) is 11.9 Å². The highest BCUT2D eigenvalue weighted by molar-refractivity contribution is 6.03. The molecule has 1 aromatic heterocycles. The maximum atomic E-state index is 12.9. The molecule has 1 aromatic carbocycles. The van der Waals surface area contributed by atoms with Gasteiger partial charge in [-0.2, -0.15) is 0 Å². The molecular weight excluding hydrogens is 328 g/mol. The van der Waals surface area contributed by atoms with E-state index in [1.165, 1.54) is 18.9 Å². The molecule has 0 aliphatic carbocycles. The summed E-state index contributed by atoms with van der Waals surface area (Å²) in [4.78, 5) is 27.9. The number of esters is 1. The highest BCUT2D eigenvalue weighted by Crippen LogP contribution is 2.36. The van der Waals surface area contributed by atoms with Gasteiger partial charge >= 0.3 is 5.97 Å². The van der Waals surface area contributed by atoms with Crippen molar-refractivity contribution < 1.29 is 9.53 Å². The number of para-hydroxylation sites is 1. The molecule has 0 saturated carbocycles. The number of piperidine rings is 1. The molecule has 2 aliphatic rings. The number of fused-ring (bicyclic) bond motifs is 3. The van der Waals surface area contributed by atoms with E-state index in [4.69, 9.17) is 4.74 Å². The van der Waals surface area contributed by atoms with Gasteiger partial charge < -0.3 is 14.2 Å². The second-order valence-electron chi connectivity index (χ2n) is 7.93. The minimum Gasteiger partial charge on any atom is -0.459 e. The first-order chi connectivity index (χ1) is 12.5. The van der Waals surface area contributed by atoms with E-state index in [-0.39, 0.29) is 23.7 Å². The average Bonchev–Trinajstić information content (AvgIpc) is 2.81. The van der Waals surface area contributed by atoms with E-state index in [0.717, 1.165) is 23.7 Å². The first-order valence-corrected chi connectivity index (χ1v) is 9.53. The van der Waals surface area contributed by atoms with Crippen LogP contribution in [0.4, 0.5) is 0 Å². The zero-order valence-corrected chi connectivity index (χ0v) is 15.6. The van der Waals surface area contributed by atoms with Crippen molar-refractivity contribution in [2.75, 3.05) is 7.05 Å². The molecule has 5 heteroatoms. The number of hydrogen-bond acceptors (Lipinski definition) is 4. The zero-order chi connectivity index (χ0) is 18.4. The van der Waals surface area contributed by atoms with Crippen LogP contribution in [0.15, 0.2) is 35.1 Å². The molecule has 2 saturated heterocycles. The second kappa shape index (κ2) is 6.54. The highest BCUT2D eigenvalue weighted by Gasteiger charge is 2.40. The molecule has 2 atom stereocenters. The second-order valence-corrected chi connectivity index (χ2v) is 7.93. The number of ether oxygens (including phenoxy) is 1. The smallest absolute Gasteiger partial charge is 0.339 e. The standard InChI is InChI=1S/C21H26N2O3/c1-13(2)23-19-7-5-4-6-17(19)18(12-20(23)24)21(25)26-16-10-14-8-9-15(11-16)22(14)3/h4-7,12-16H,8-11H2,1-3H3. The molecule has 26 heavy (non-hydrogen) atoms. The number of carbonyl (C=O) groups is 1. The lowest BCUT2D eigenvalue weighted by molar-refractivity contribution is -0.000290. The van der Waals surface area contributed by atoms with E-state index < -0.39 is 0 Å². The Morgan fingerprint density at radius 3 is 2.46 bits per heavy atom. The van der Waals surface area contributed by atoms with Gasteiger partial charge in [0.15, 0.2) is 0 Å². The Balaban J connectivity index is 1.66. The van der Waals surface area contributed by atoms with Gasteiger partial charge in [-0.3, -0.25) is 4.79 Å². The summed E-state index contributed by atoms with van der Waals surface area (Å²) in [5, 5.41) is 0.779. The topological polar surface area (TPSA) is 51.5 Å². The molecule has 138 valence electrons. The number of hydrogen-bond donors (Lipinski definition) is 0. The van der Waals surface area contributed by atoms with Crippen LogP contribution in [-0.4, -0.2) is 40.7 Å². The predicted molar refractivity (Wildman–Crippen MR) is 102 cm³/mol. The van der Waals surface area contributed by atoms with E-state index in [9.17, 15) is 9.59 Å². The summed E-state index contributed by atoms with van der Waals surface area (Å²) in [6, 6.07) is 10.1. The molecule has 4 rings (SSSR count). The van der Waals surface area contributed by atoms with E-state index in [1.807, 2.05) is 38.1 Å². The molecule has 0 amide bonds. The fraction of sp³-hybridized carbons (Fsp3) is 0.524. The Morgan fingerprint density at radius 1 is 1.15 bits per heavy atom. The van der Waals surface area contributed by atoms with Gasteiger partial charge in [0.1, 0.15) is 6.10 Å². The third kappa shape index (κ3) is 2.84. The van der Waals surface area contributed by atoms with Crippen molar-refractivity contribution in [3.05, 3.63) is 46.2 Å². The summed E-state index contributed by atoms with van der Waals surface area (Å²) in [6.45, 7) is 3.94. The fourth-order valence-electron chi connectivity index (χ4n) is 4.68. The number of rotatable bonds is 3. The van der Waals surface area contributed by atoms with Crippen LogP contribution in [0.25, 0.3) is 10.9 Å². The summed E-state index contributed by atoms with van der Waals surface area (Å²) >= 11 is 0. The van der Waals surface area contributed by atoms with Crippen molar-refractivity contribution in [3.63, 3.8) is 0 Å². The van der Waals surface area contributed by atoms with Crippen LogP contribution in [0.5, 0.6) is 0 Å². The van der Waals surface area contributed by atoms with E-state index in [0.29, 0.717) is 17.6 Å². The minimum absolute atomic E-state index is 0.0296. The van der Waals surface area contributed by atoms with Gasteiger partial charge in [0.2, 0.25) is 0 Å². The van der Waals surface area contributed by atoms with Gasteiger partial charge in [-0.15, -0.1) is 0 Å². The zero-order valence-electron chi connectivity index (χ0n) is 15.6. The molecule has 0 spiro atoms. The first kappa shape index (κ1) is 17.3. The van der Waals surface area contributed by atoms with Crippen molar-refractivity contribution in [3.8, 4) is 0 Å². The number of benzene rings is 1. The van der Waals surface area contributed by atoms with E-state index >= 15 is 0 Å². The molecular formula is C21H26N2O3. The van der Waals surface area contributed by atoms with Gasteiger partial charge in [0.25, 0.3) is 5.56 Å². The third-order valence-electron chi connectivity index (χ3n) is 6.02. The van der Waals surface area contributed by atoms with Crippen LogP contribution in [0.2, 0.25) is 0 Å². The number of nitrogens with zero attached hydrogens (tertiary/aromatic N) is 2. The minimum atomic E-state index is -0.372. The van der Waals surface area contributed by atoms with Gasteiger partial charge in [0.05, 0.1) is 11.1 Å². The molecule has 5 nitrogen and oxygen atoms in total. The van der Waals surface area contributed by atoms with Crippen molar-refractivity contribution >= 4 is 16.9 Å². The number of carbonyl (C=O) groups excluding carboxylic acids is 1. The Labute approximate surface area is 153 Å². The lowest BCUT2D eigenvalue weighted by atomic mass is 10.0. The predicted octanol–water partition coefficient (Wildman–Crippen LogP) is 3.36. The Kier molecular flexibility index (Phi) is 4.35. The summed E-state index contributed by atoms with van der Waals surface area (Å²) < 4.78 is 7.58. The van der Waals surface area contributed by atoms with Crippen molar-refractivity contribution in [1.29, 1.82) is 0 Å². The quantitative estimate of drug-likeness (QED) is 0.793. The van der Waals surface area contributed by atoms with Crippen molar-refractivity contribution in [2.24, 2.45) is 0 Å². The summed E-state index contributed by atoms with van der Waals surface area (Å²) in [5.41, 5.74) is 1.01. The monoisotopic (exact) mass is 354 g/mol. The Morgan fingerprint density at radius 2 is 1.81 bits per heavy atom. The van der Waals surface area contributed by atoms with Crippen LogP contribution in [-0.2, 0) is 4.74 Å². The van der Waals surface area contributed by atoms with Crippen LogP contribution in [0.1, 0.15) is 55.9 Å². The average molecular weight is 354 g/mol. The summed E-state index contributed by atoms with van der Waals surface area (Å²) in [6.07, 6.45) is 4.09. The van der Waals surface area contributed by atoms with Gasteiger partial charge in [-0.05, 0) is 39.8 Å². The molecule has 0 radical (unpaired) electrons. The summed E-state index contributed by atoms with van der Waals surface area (Å²) in [5.74, 6) is -0.372. The maximum absolute atomic E-state index is 12.9. The molecule has 2 unspecified atom stereocenters. The fourth-order valence-corrected chi connectivity index (χ4v) is 4.68. The van der Waals surface area contributed by atoms with Crippen LogP contribution < -0.4 is 5.56 Å². The Bertz CT molecular complexity index is 888. The number of pyridine rings is 1. The molecule has 3 heterocycles. The maximum Gasteiger partial charge on any atom is 0.339 e. The summed E-state index contributed by atoms with van der Waals surface area (Å²) in [7, 11) is 2.17. The lowest BCUT2D eigenvalue weighted by Crippen LogP contribution is -2.43. The molecule has 2 aromatic rings. The van der Waals surface area contributed by atoms with Crippen LogP contribution >= 0.6 is 0 Å². The van der Waals surface area contributed by atoms with Gasteiger partial charge in [0, 0.05) is 42.4 Å². The van der Waals surface area contributed by atoms with Crippen molar-refractivity contribution in [2.45, 2.75) is 63.8 Å². The van der Waals surface area contributed by atoms with Gasteiger partial charge in [-0.25, -0.2) is 4.79 Å². The number of aromatic nitrogens is 1. The van der Waals surface area contributed by atoms with Crippen molar-refractivity contribution in [1.82, 2.24) is 9.47 Å². The Hall–Kier alpha value is -2.14. The van der Waals surface area contributed by atoms with E-state index in [1.54, 1.807) is 4.57 Å². The third-order valence-corrected chi connectivity index (χ3v) is 6.02. The molecule has 2 fully saturated rings. The SMILES string of the molecule is CC(C)n1c(=O)cc(C(=O)OC2CC3CCC(C2)N3C)c2ccccc21. The molecule has 0 N–H and O–H groups in total. The normalized spacial score (nSPS) is 25.8.